The number of nitrogens with zero attached hydrogens (tertiary/aromatic N) is 2. The van der Waals surface area contributed by atoms with Crippen molar-refractivity contribution in [2.45, 2.75) is 32.2 Å². The maximum Gasteiger partial charge on any atom is 0.123 e. The molecule has 2 aliphatic rings. The van der Waals surface area contributed by atoms with Crippen molar-refractivity contribution in [3.8, 4) is 0 Å². The summed E-state index contributed by atoms with van der Waals surface area (Å²) in [6.45, 7) is 6.86. The minimum atomic E-state index is -0.101. The van der Waals surface area contributed by atoms with Gasteiger partial charge < -0.3 is 9.80 Å². The van der Waals surface area contributed by atoms with Crippen molar-refractivity contribution < 1.29 is 4.39 Å². The molecule has 0 aromatic heterocycles. The van der Waals surface area contributed by atoms with Crippen LogP contribution >= 0.6 is 0 Å². The first-order chi connectivity index (χ1) is 8.78. The lowest BCUT2D eigenvalue weighted by Crippen LogP contribution is -2.44. The van der Waals surface area contributed by atoms with E-state index in [1.807, 2.05) is 6.07 Å². The number of hydrogen-bond acceptors (Lipinski definition) is 2. The van der Waals surface area contributed by atoms with Crippen molar-refractivity contribution in [1.29, 1.82) is 0 Å². The van der Waals surface area contributed by atoms with Gasteiger partial charge in [-0.25, -0.2) is 4.39 Å². The molecule has 0 spiro atoms. The van der Waals surface area contributed by atoms with Crippen LogP contribution in [0.25, 0.3) is 0 Å². The summed E-state index contributed by atoms with van der Waals surface area (Å²) in [5, 5.41) is 0. The molecule has 3 heteroatoms. The molecule has 0 unspecified atom stereocenters. The third-order valence-corrected chi connectivity index (χ3v) is 4.42. The monoisotopic (exact) mass is 248 g/mol. The molecule has 0 atom stereocenters. The van der Waals surface area contributed by atoms with Crippen LogP contribution in [0.2, 0.25) is 0 Å². The average molecular weight is 248 g/mol. The van der Waals surface area contributed by atoms with E-state index in [-0.39, 0.29) is 5.82 Å². The Bertz CT molecular complexity index is 425. The molecule has 0 N–H and O–H groups in total. The van der Waals surface area contributed by atoms with Crippen LogP contribution in [0.3, 0.4) is 0 Å². The maximum atomic E-state index is 13.2. The van der Waals surface area contributed by atoms with Gasteiger partial charge in [0, 0.05) is 31.4 Å². The number of halogens is 1. The van der Waals surface area contributed by atoms with Crippen LogP contribution in [-0.4, -0.2) is 37.1 Å². The number of fused-ring (bicyclic) bond motifs is 1. The van der Waals surface area contributed by atoms with Crippen LogP contribution in [-0.2, 0) is 6.42 Å². The fourth-order valence-electron chi connectivity index (χ4n) is 3.32. The van der Waals surface area contributed by atoms with Crippen LogP contribution in [0.15, 0.2) is 18.2 Å². The molecule has 1 saturated heterocycles. The number of anilines is 1. The zero-order valence-corrected chi connectivity index (χ0v) is 11.0. The molecule has 0 radical (unpaired) electrons. The van der Waals surface area contributed by atoms with Crippen molar-refractivity contribution in [2.75, 3.05) is 31.1 Å². The summed E-state index contributed by atoms with van der Waals surface area (Å²) in [6.07, 6.45) is 3.48. The lowest BCUT2D eigenvalue weighted by molar-refractivity contribution is 0.219. The molecule has 18 heavy (non-hydrogen) atoms. The maximum absolute atomic E-state index is 13.2. The Hall–Kier alpha value is -1.09. The summed E-state index contributed by atoms with van der Waals surface area (Å²) in [7, 11) is 0. The summed E-state index contributed by atoms with van der Waals surface area (Å²) < 4.78 is 13.2. The van der Waals surface area contributed by atoms with Crippen molar-refractivity contribution in [3.05, 3.63) is 29.6 Å². The lowest BCUT2D eigenvalue weighted by atomic mass is 10.0. The molecule has 3 rings (SSSR count). The van der Waals surface area contributed by atoms with Crippen molar-refractivity contribution >= 4 is 5.69 Å². The number of hydrogen-bond donors (Lipinski definition) is 0. The highest BCUT2D eigenvalue weighted by Gasteiger charge is 2.28. The Morgan fingerprint density at radius 2 is 2.00 bits per heavy atom. The third-order valence-electron chi connectivity index (χ3n) is 4.42. The van der Waals surface area contributed by atoms with Crippen LogP contribution in [0.1, 0.15) is 25.3 Å². The Labute approximate surface area is 108 Å². The van der Waals surface area contributed by atoms with Crippen molar-refractivity contribution in [2.24, 2.45) is 0 Å². The fraction of sp³-hybridized carbons (Fsp3) is 0.600. The molecule has 98 valence electrons. The Morgan fingerprint density at radius 1 is 1.22 bits per heavy atom. The van der Waals surface area contributed by atoms with E-state index in [1.54, 1.807) is 12.1 Å². The van der Waals surface area contributed by atoms with E-state index >= 15 is 0 Å². The SMILES string of the molecule is CCN1CCC(N2CCc3cc(F)ccc32)CC1. The molecule has 2 heterocycles. The second-order valence-corrected chi connectivity index (χ2v) is 5.38. The van der Waals surface area contributed by atoms with Crippen LogP contribution < -0.4 is 4.90 Å². The van der Waals surface area contributed by atoms with Gasteiger partial charge in [0.05, 0.1) is 0 Å². The van der Waals surface area contributed by atoms with Gasteiger partial charge in [-0.05, 0) is 49.6 Å². The second kappa shape index (κ2) is 4.88. The van der Waals surface area contributed by atoms with E-state index in [9.17, 15) is 4.39 Å². The summed E-state index contributed by atoms with van der Waals surface area (Å²) in [5.74, 6) is -0.101. The highest BCUT2D eigenvalue weighted by Crippen LogP contribution is 2.32. The number of benzene rings is 1. The highest BCUT2D eigenvalue weighted by molar-refractivity contribution is 5.58. The quantitative estimate of drug-likeness (QED) is 0.794. The minimum Gasteiger partial charge on any atom is -0.368 e. The van der Waals surface area contributed by atoms with E-state index in [0.29, 0.717) is 6.04 Å². The first-order valence-electron chi connectivity index (χ1n) is 7.05. The molecule has 0 bridgehead atoms. The van der Waals surface area contributed by atoms with Crippen molar-refractivity contribution in [3.63, 3.8) is 0 Å². The first kappa shape index (κ1) is 12.0. The van der Waals surface area contributed by atoms with Gasteiger partial charge >= 0.3 is 0 Å². The molecular formula is C15H21FN2. The van der Waals surface area contributed by atoms with E-state index in [4.69, 9.17) is 0 Å². The third kappa shape index (κ3) is 2.12. The Morgan fingerprint density at radius 3 is 2.72 bits per heavy atom. The molecule has 2 aliphatic heterocycles. The predicted octanol–water partition coefficient (Wildman–Crippen LogP) is 2.67. The van der Waals surface area contributed by atoms with E-state index in [1.165, 1.54) is 37.2 Å². The predicted molar refractivity (Wildman–Crippen MR) is 72.6 cm³/mol. The van der Waals surface area contributed by atoms with Crippen LogP contribution in [0.5, 0.6) is 0 Å². The number of piperidine rings is 1. The summed E-state index contributed by atoms with van der Waals surface area (Å²) in [6, 6.07) is 5.91. The van der Waals surface area contributed by atoms with Gasteiger partial charge in [0.15, 0.2) is 0 Å². The minimum absolute atomic E-state index is 0.101. The van der Waals surface area contributed by atoms with E-state index < -0.39 is 0 Å². The van der Waals surface area contributed by atoms with Gasteiger partial charge in [0.2, 0.25) is 0 Å². The van der Waals surface area contributed by atoms with Gasteiger partial charge in [-0.2, -0.15) is 0 Å². The normalized spacial score (nSPS) is 21.3. The fourth-order valence-corrected chi connectivity index (χ4v) is 3.32. The molecule has 2 nitrogen and oxygen atoms in total. The lowest BCUT2D eigenvalue weighted by Gasteiger charge is -2.37. The molecule has 0 amide bonds. The van der Waals surface area contributed by atoms with Crippen LogP contribution in [0.4, 0.5) is 10.1 Å². The van der Waals surface area contributed by atoms with Crippen LogP contribution in [0, 0.1) is 5.82 Å². The topological polar surface area (TPSA) is 6.48 Å². The second-order valence-electron chi connectivity index (χ2n) is 5.38. The molecule has 0 aliphatic carbocycles. The highest BCUT2D eigenvalue weighted by atomic mass is 19.1. The molecular weight excluding hydrogens is 227 g/mol. The summed E-state index contributed by atoms with van der Waals surface area (Å²) in [5.41, 5.74) is 2.46. The van der Waals surface area contributed by atoms with Gasteiger partial charge in [-0.15, -0.1) is 0 Å². The number of rotatable bonds is 2. The van der Waals surface area contributed by atoms with Gasteiger partial charge in [0.1, 0.15) is 5.82 Å². The van der Waals surface area contributed by atoms with Gasteiger partial charge in [-0.1, -0.05) is 6.92 Å². The smallest absolute Gasteiger partial charge is 0.123 e. The Balaban J connectivity index is 1.73. The summed E-state index contributed by atoms with van der Waals surface area (Å²) in [4.78, 5) is 5.01. The molecule has 1 fully saturated rings. The zero-order chi connectivity index (χ0) is 12.5. The Kier molecular flexibility index (Phi) is 3.25. The van der Waals surface area contributed by atoms with Crippen molar-refractivity contribution in [1.82, 2.24) is 4.90 Å². The average Bonchev–Trinajstić information content (AvgIpc) is 2.81. The molecule has 1 aromatic rings. The number of likely N-dealkylation sites (tertiary alicyclic amines) is 1. The molecule has 1 aromatic carbocycles. The van der Waals surface area contributed by atoms with E-state index in [2.05, 4.69) is 16.7 Å². The summed E-state index contributed by atoms with van der Waals surface area (Å²) >= 11 is 0. The molecule has 0 saturated carbocycles. The van der Waals surface area contributed by atoms with Gasteiger partial charge in [-0.3, -0.25) is 0 Å². The van der Waals surface area contributed by atoms with E-state index in [0.717, 1.165) is 19.5 Å². The first-order valence-corrected chi connectivity index (χ1v) is 7.05. The zero-order valence-electron chi connectivity index (χ0n) is 11.0. The largest absolute Gasteiger partial charge is 0.368 e. The van der Waals surface area contributed by atoms with Gasteiger partial charge in [0.25, 0.3) is 0 Å². The standard InChI is InChI=1S/C15H21FN2/c1-2-17-8-6-14(7-9-17)18-10-5-12-11-13(16)3-4-15(12)18/h3-4,11,14H,2,5-10H2,1H3.